The molecule has 152 valence electrons. The summed E-state index contributed by atoms with van der Waals surface area (Å²) in [6.07, 6.45) is 0.150. The van der Waals surface area contributed by atoms with E-state index in [9.17, 15) is 19.0 Å². The first-order chi connectivity index (χ1) is 13.2. The van der Waals surface area contributed by atoms with Crippen LogP contribution in [0.3, 0.4) is 0 Å². The normalized spacial score (nSPS) is 25.4. The molecule has 5 atom stereocenters. The Morgan fingerprint density at radius 3 is 2.86 bits per heavy atom. The highest BCUT2D eigenvalue weighted by molar-refractivity contribution is 7.30. The molecule has 0 aromatic carbocycles. The Kier molecular flexibility index (Phi) is 5.90. The number of nitrogens with zero attached hydrogens (tertiary/aromatic N) is 3. The average Bonchev–Trinajstić information content (AvgIpc) is 3.16. The molecule has 0 spiro atoms. The van der Waals surface area contributed by atoms with Gasteiger partial charge in [0.05, 0.1) is 12.4 Å². The van der Waals surface area contributed by atoms with E-state index in [2.05, 4.69) is 20.3 Å². The van der Waals surface area contributed by atoms with Crippen LogP contribution in [0.1, 0.15) is 40.3 Å². The number of hydrogen-bond donors (Lipinski definition) is 2. The SMILES string of the molecule is CCC1OC(n2cnc3c(=O)[nH]c(NC(=O)C(C)C)nc32)C(O[P+](=O)[O-])C1C. The predicted octanol–water partition coefficient (Wildman–Crippen LogP) is 1.06. The van der Waals surface area contributed by atoms with E-state index < -0.39 is 26.1 Å². The number of hydrogen-bond acceptors (Lipinski definition) is 8. The molecule has 1 aliphatic rings. The maximum Gasteiger partial charge on any atom is 0.488 e. The number of aromatic amines is 1. The minimum absolute atomic E-state index is 0.0246. The van der Waals surface area contributed by atoms with Gasteiger partial charge in [0, 0.05) is 11.8 Å². The monoisotopic (exact) mass is 411 g/mol. The third kappa shape index (κ3) is 3.83. The summed E-state index contributed by atoms with van der Waals surface area (Å²) in [7, 11) is -3.10. The predicted molar refractivity (Wildman–Crippen MR) is 97.5 cm³/mol. The minimum atomic E-state index is -3.10. The molecule has 2 N–H and O–H groups in total. The van der Waals surface area contributed by atoms with E-state index >= 15 is 0 Å². The topological polar surface area (TPSA) is 151 Å². The highest BCUT2D eigenvalue weighted by Crippen LogP contribution is 2.41. The first-order valence-corrected chi connectivity index (χ1v) is 10.1. The van der Waals surface area contributed by atoms with Crippen LogP contribution in [0.15, 0.2) is 11.1 Å². The van der Waals surface area contributed by atoms with Crippen LogP contribution in [0.4, 0.5) is 5.95 Å². The van der Waals surface area contributed by atoms with Gasteiger partial charge < -0.3 is 9.63 Å². The third-order valence-electron chi connectivity index (χ3n) is 4.78. The zero-order chi connectivity index (χ0) is 20.6. The number of imidazole rings is 1. The fourth-order valence-corrected chi connectivity index (χ4v) is 3.72. The van der Waals surface area contributed by atoms with Gasteiger partial charge in [-0.3, -0.25) is 24.5 Å². The van der Waals surface area contributed by atoms with Gasteiger partial charge in [0.1, 0.15) is 0 Å². The van der Waals surface area contributed by atoms with Crippen LogP contribution in [-0.2, 0) is 18.6 Å². The quantitative estimate of drug-likeness (QED) is 0.670. The van der Waals surface area contributed by atoms with Gasteiger partial charge in [-0.15, -0.1) is 4.52 Å². The fraction of sp³-hybridized carbons (Fsp3) is 0.625. The molecule has 1 aliphatic heterocycles. The summed E-state index contributed by atoms with van der Waals surface area (Å²) in [4.78, 5) is 46.3. The molecule has 0 saturated carbocycles. The number of aromatic nitrogens is 4. The van der Waals surface area contributed by atoms with Gasteiger partial charge in [0.15, 0.2) is 23.5 Å². The largest absolute Gasteiger partial charge is 0.566 e. The van der Waals surface area contributed by atoms with Crippen molar-refractivity contribution >= 4 is 31.3 Å². The lowest BCUT2D eigenvalue weighted by Crippen LogP contribution is -2.27. The van der Waals surface area contributed by atoms with E-state index in [0.29, 0.717) is 6.42 Å². The standard InChI is InChI=1S/C16H22N5O6P/c1-5-9-8(4)11(27-28(24)25)15(26-9)21-6-17-10-12(21)18-16(20-14(10)23)19-13(22)7(2)3/h6-9,11,15H,5H2,1-4H3,(H2,18,19,20,22,23). The van der Waals surface area contributed by atoms with Crippen molar-refractivity contribution in [3.05, 3.63) is 16.7 Å². The number of carbonyl (C=O) groups is 1. The molecule has 12 heteroatoms. The lowest BCUT2D eigenvalue weighted by Gasteiger charge is -2.18. The highest BCUT2D eigenvalue weighted by atomic mass is 31.1. The zero-order valence-corrected chi connectivity index (χ0v) is 16.8. The fourth-order valence-electron chi connectivity index (χ4n) is 3.22. The number of anilines is 1. The minimum Gasteiger partial charge on any atom is -0.566 e. The van der Waals surface area contributed by atoms with Gasteiger partial charge in [0.25, 0.3) is 5.56 Å². The van der Waals surface area contributed by atoms with Crippen molar-refractivity contribution in [2.24, 2.45) is 11.8 Å². The van der Waals surface area contributed by atoms with Crippen LogP contribution in [0.5, 0.6) is 0 Å². The van der Waals surface area contributed by atoms with Crippen LogP contribution in [0.2, 0.25) is 0 Å². The van der Waals surface area contributed by atoms with Gasteiger partial charge in [-0.05, 0) is 11.0 Å². The average molecular weight is 411 g/mol. The Balaban J connectivity index is 2.04. The van der Waals surface area contributed by atoms with Crippen LogP contribution in [-0.4, -0.2) is 37.6 Å². The molecule has 1 saturated heterocycles. The molecule has 3 rings (SSSR count). The molecule has 5 unspecified atom stereocenters. The second-order valence-electron chi connectivity index (χ2n) is 7.01. The van der Waals surface area contributed by atoms with Crippen molar-refractivity contribution in [3.63, 3.8) is 0 Å². The first-order valence-electron chi connectivity index (χ1n) is 8.97. The number of amides is 1. The lowest BCUT2D eigenvalue weighted by molar-refractivity contribution is -0.193. The molecule has 1 fully saturated rings. The molecule has 0 radical (unpaired) electrons. The van der Waals surface area contributed by atoms with E-state index in [1.807, 2.05) is 13.8 Å². The van der Waals surface area contributed by atoms with Crippen LogP contribution < -0.4 is 15.8 Å². The first kappa shape index (κ1) is 20.5. The zero-order valence-electron chi connectivity index (χ0n) is 15.9. The molecular weight excluding hydrogens is 389 g/mol. The summed E-state index contributed by atoms with van der Waals surface area (Å²) in [5, 5.41) is 2.54. The second kappa shape index (κ2) is 8.04. The smallest absolute Gasteiger partial charge is 0.488 e. The lowest BCUT2D eigenvalue weighted by atomic mass is 9.99. The maximum absolute atomic E-state index is 12.3. The Morgan fingerprint density at radius 2 is 2.25 bits per heavy atom. The molecule has 0 aliphatic carbocycles. The number of rotatable bonds is 6. The second-order valence-corrected chi connectivity index (χ2v) is 7.67. The Bertz CT molecular complexity index is 957. The highest BCUT2D eigenvalue weighted by Gasteiger charge is 2.46. The summed E-state index contributed by atoms with van der Waals surface area (Å²) in [6.45, 7) is 7.18. The summed E-state index contributed by atoms with van der Waals surface area (Å²) in [5.41, 5.74) is -0.330. The third-order valence-corrected chi connectivity index (χ3v) is 5.20. The van der Waals surface area contributed by atoms with Crippen molar-refractivity contribution in [2.75, 3.05) is 5.32 Å². The van der Waals surface area contributed by atoms with Crippen molar-refractivity contribution < 1.29 is 23.5 Å². The van der Waals surface area contributed by atoms with Crippen molar-refractivity contribution in [3.8, 4) is 0 Å². The molecule has 11 nitrogen and oxygen atoms in total. The summed E-state index contributed by atoms with van der Waals surface area (Å²) in [5.74, 6) is -0.845. The van der Waals surface area contributed by atoms with E-state index in [1.165, 1.54) is 10.9 Å². The van der Waals surface area contributed by atoms with Gasteiger partial charge in [-0.2, -0.15) is 4.98 Å². The molecule has 0 bridgehead atoms. The summed E-state index contributed by atoms with van der Waals surface area (Å²) < 4.78 is 23.7. The molecule has 28 heavy (non-hydrogen) atoms. The molecule has 3 heterocycles. The van der Waals surface area contributed by atoms with Crippen molar-refractivity contribution in [1.29, 1.82) is 0 Å². The van der Waals surface area contributed by atoms with E-state index in [0.717, 1.165) is 0 Å². The summed E-state index contributed by atoms with van der Waals surface area (Å²) >= 11 is 0. The van der Waals surface area contributed by atoms with Crippen LogP contribution in [0, 0.1) is 11.8 Å². The Morgan fingerprint density at radius 1 is 1.54 bits per heavy atom. The van der Waals surface area contributed by atoms with Crippen molar-refractivity contribution in [2.45, 2.75) is 52.6 Å². The molecule has 2 aromatic heterocycles. The number of carbonyl (C=O) groups excluding carboxylic acids is 1. The van der Waals surface area contributed by atoms with Crippen LogP contribution >= 0.6 is 8.25 Å². The van der Waals surface area contributed by atoms with Crippen LogP contribution in [0.25, 0.3) is 11.2 Å². The van der Waals surface area contributed by atoms with Gasteiger partial charge in [-0.25, -0.2) is 4.98 Å². The molecular formula is C16H22N5O6P. The number of H-pyrrole nitrogens is 1. The number of nitrogens with one attached hydrogen (secondary N) is 2. The summed E-state index contributed by atoms with van der Waals surface area (Å²) in [6, 6.07) is 0. The van der Waals surface area contributed by atoms with Gasteiger partial charge >= 0.3 is 8.25 Å². The number of ether oxygens (including phenoxy) is 1. The maximum atomic E-state index is 12.3. The van der Waals surface area contributed by atoms with E-state index in [-0.39, 0.29) is 41.0 Å². The molecule has 1 amide bonds. The van der Waals surface area contributed by atoms with Crippen molar-refractivity contribution in [1.82, 2.24) is 19.5 Å². The Hall–Kier alpha value is -2.20. The van der Waals surface area contributed by atoms with Gasteiger partial charge in [0.2, 0.25) is 11.9 Å². The van der Waals surface area contributed by atoms with E-state index in [1.54, 1.807) is 13.8 Å². The number of fused-ring (bicyclic) bond motifs is 1. The van der Waals surface area contributed by atoms with E-state index in [4.69, 9.17) is 9.26 Å². The Labute approximate surface area is 161 Å². The molecule has 2 aromatic rings. The van der Waals surface area contributed by atoms with Gasteiger partial charge in [-0.1, -0.05) is 27.7 Å².